The van der Waals surface area contributed by atoms with E-state index in [9.17, 15) is 0 Å². The third kappa shape index (κ3) is 5.34. The summed E-state index contributed by atoms with van der Waals surface area (Å²) in [5.41, 5.74) is 0.426. The van der Waals surface area contributed by atoms with Gasteiger partial charge in [-0.05, 0) is 51.7 Å². The maximum atomic E-state index is 3.67. The highest BCUT2D eigenvalue weighted by Crippen LogP contribution is 2.28. The molecule has 1 saturated heterocycles. The summed E-state index contributed by atoms with van der Waals surface area (Å²) in [4.78, 5) is 5.11. The highest BCUT2D eigenvalue weighted by molar-refractivity contribution is 4.86. The second-order valence-corrected chi connectivity index (χ2v) is 7.22. The molecule has 1 rings (SSSR count). The normalized spacial score (nSPS) is 21.9. The number of likely N-dealkylation sites (N-methyl/N-ethyl adjacent to an activating group) is 2. The quantitative estimate of drug-likeness (QED) is 0.739. The molecule has 1 atom stereocenters. The van der Waals surface area contributed by atoms with Crippen molar-refractivity contribution in [2.75, 3.05) is 40.3 Å². The second-order valence-electron chi connectivity index (χ2n) is 7.22. The van der Waals surface area contributed by atoms with E-state index < -0.39 is 0 Å². The fourth-order valence-corrected chi connectivity index (χ4v) is 3.36. The average Bonchev–Trinajstić information content (AvgIpc) is 2.43. The van der Waals surface area contributed by atoms with Gasteiger partial charge in [-0.3, -0.25) is 0 Å². The van der Waals surface area contributed by atoms with Crippen LogP contribution in [0, 0.1) is 5.41 Å². The van der Waals surface area contributed by atoms with Gasteiger partial charge < -0.3 is 15.1 Å². The molecule has 0 aliphatic carbocycles. The number of piperidine rings is 1. The molecule has 0 radical (unpaired) electrons. The van der Waals surface area contributed by atoms with Crippen LogP contribution in [-0.2, 0) is 0 Å². The number of nitrogens with zero attached hydrogens (tertiary/aromatic N) is 2. The Morgan fingerprint density at radius 2 is 1.95 bits per heavy atom. The molecule has 3 heteroatoms. The van der Waals surface area contributed by atoms with Gasteiger partial charge in [0.05, 0.1) is 0 Å². The molecule has 0 amide bonds. The molecule has 1 N–H and O–H groups in total. The van der Waals surface area contributed by atoms with Crippen molar-refractivity contribution in [2.24, 2.45) is 5.41 Å². The Morgan fingerprint density at radius 3 is 2.45 bits per heavy atom. The van der Waals surface area contributed by atoms with Gasteiger partial charge in [-0.15, -0.1) is 0 Å². The van der Waals surface area contributed by atoms with Gasteiger partial charge in [0.15, 0.2) is 0 Å². The minimum atomic E-state index is 0.426. The molecule has 0 bridgehead atoms. The SMILES string of the molecule is CCC(CC)(CNC(C)C)CN(C)C1CCCN(C)C1. The van der Waals surface area contributed by atoms with Crippen LogP contribution in [0.1, 0.15) is 53.4 Å². The van der Waals surface area contributed by atoms with E-state index in [4.69, 9.17) is 0 Å². The molecule has 0 saturated carbocycles. The van der Waals surface area contributed by atoms with Gasteiger partial charge in [-0.1, -0.05) is 27.7 Å². The molecule has 0 aromatic heterocycles. The fourth-order valence-electron chi connectivity index (χ4n) is 3.36. The van der Waals surface area contributed by atoms with E-state index in [1.165, 1.54) is 45.3 Å². The van der Waals surface area contributed by atoms with Gasteiger partial charge in [-0.2, -0.15) is 0 Å². The first-order valence-corrected chi connectivity index (χ1v) is 8.54. The van der Waals surface area contributed by atoms with Crippen LogP contribution in [0.4, 0.5) is 0 Å². The molecule has 120 valence electrons. The molecule has 1 fully saturated rings. The Morgan fingerprint density at radius 1 is 1.30 bits per heavy atom. The first-order valence-electron chi connectivity index (χ1n) is 8.54. The Bertz CT molecular complexity index is 261. The van der Waals surface area contributed by atoms with Crippen LogP contribution >= 0.6 is 0 Å². The number of hydrogen-bond donors (Lipinski definition) is 1. The maximum Gasteiger partial charge on any atom is 0.0220 e. The average molecular weight is 284 g/mol. The number of hydrogen-bond acceptors (Lipinski definition) is 3. The number of rotatable bonds is 8. The van der Waals surface area contributed by atoms with Crippen molar-refractivity contribution in [2.45, 2.75) is 65.5 Å². The summed E-state index contributed by atoms with van der Waals surface area (Å²) >= 11 is 0. The highest BCUT2D eigenvalue weighted by Gasteiger charge is 2.31. The molecule has 0 aromatic carbocycles. The fraction of sp³-hybridized carbons (Fsp3) is 1.00. The van der Waals surface area contributed by atoms with E-state index >= 15 is 0 Å². The highest BCUT2D eigenvalue weighted by atomic mass is 15.2. The summed E-state index contributed by atoms with van der Waals surface area (Å²) in [5, 5.41) is 3.67. The van der Waals surface area contributed by atoms with Gasteiger partial charge in [0.25, 0.3) is 0 Å². The zero-order valence-corrected chi connectivity index (χ0v) is 14.7. The van der Waals surface area contributed by atoms with E-state index in [2.05, 4.69) is 56.9 Å². The lowest BCUT2D eigenvalue weighted by atomic mass is 9.81. The van der Waals surface area contributed by atoms with Crippen LogP contribution in [-0.4, -0.2) is 62.2 Å². The second kappa shape index (κ2) is 8.35. The minimum Gasteiger partial charge on any atom is -0.314 e. The molecule has 0 spiro atoms. The molecule has 1 aliphatic rings. The molecular formula is C17H37N3. The largest absolute Gasteiger partial charge is 0.314 e. The van der Waals surface area contributed by atoms with Crippen LogP contribution in [0.3, 0.4) is 0 Å². The minimum absolute atomic E-state index is 0.426. The van der Waals surface area contributed by atoms with Crippen molar-refractivity contribution in [1.29, 1.82) is 0 Å². The molecule has 1 aliphatic heterocycles. The summed E-state index contributed by atoms with van der Waals surface area (Å²) in [6.07, 6.45) is 5.23. The maximum absolute atomic E-state index is 3.67. The van der Waals surface area contributed by atoms with Crippen molar-refractivity contribution >= 4 is 0 Å². The molecular weight excluding hydrogens is 246 g/mol. The third-order valence-electron chi connectivity index (χ3n) is 5.19. The zero-order chi connectivity index (χ0) is 15.2. The van der Waals surface area contributed by atoms with Gasteiger partial charge in [0, 0.05) is 31.7 Å². The first kappa shape index (κ1) is 17.9. The summed E-state index contributed by atoms with van der Waals surface area (Å²) in [7, 11) is 4.59. The van der Waals surface area contributed by atoms with Crippen molar-refractivity contribution in [3.8, 4) is 0 Å². The predicted molar refractivity (Wildman–Crippen MR) is 89.3 cm³/mol. The van der Waals surface area contributed by atoms with Gasteiger partial charge in [-0.25, -0.2) is 0 Å². The number of nitrogens with one attached hydrogen (secondary N) is 1. The lowest BCUT2D eigenvalue weighted by Gasteiger charge is -2.42. The van der Waals surface area contributed by atoms with Crippen LogP contribution in [0.15, 0.2) is 0 Å². The van der Waals surface area contributed by atoms with Crippen LogP contribution < -0.4 is 5.32 Å². The first-order chi connectivity index (χ1) is 9.42. The lowest BCUT2D eigenvalue weighted by molar-refractivity contribution is 0.0792. The van der Waals surface area contributed by atoms with E-state index in [-0.39, 0.29) is 0 Å². The smallest absolute Gasteiger partial charge is 0.0220 e. The standard InChI is InChI=1S/C17H37N3/c1-7-17(8-2,13-18-15(3)4)14-20(6)16-10-9-11-19(5)12-16/h15-16,18H,7-14H2,1-6H3. The molecule has 1 unspecified atom stereocenters. The predicted octanol–water partition coefficient (Wildman–Crippen LogP) is 2.82. The summed E-state index contributed by atoms with van der Waals surface area (Å²) in [6.45, 7) is 14.1. The number of likely N-dealkylation sites (tertiary alicyclic amines) is 1. The Kier molecular flexibility index (Phi) is 7.49. The van der Waals surface area contributed by atoms with Crippen LogP contribution in [0.5, 0.6) is 0 Å². The van der Waals surface area contributed by atoms with Crippen molar-refractivity contribution in [1.82, 2.24) is 15.1 Å². The Hall–Kier alpha value is -0.120. The van der Waals surface area contributed by atoms with Crippen molar-refractivity contribution in [3.63, 3.8) is 0 Å². The summed E-state index contributed by atoms with van der Waals surface area (Å²) < 4.78 is 0. The summed E-state index contributed by atoms with van der Waals surface area (Å²) in [6, 6.07) is 1.32. The zero-order valence-electron chi connectivity index (χ0n) is 14.7. The third-order valence-corrected chi connectivity index (χ3v) is 5.19. The van der Waals surface area contributed by atoms with E-state index in [0.29, 0.717) is 11.5 Å². The van der Waals surface area contributed by atoms with Crippen molar-refractivity contribution in [3.05, 3.63) is 0 Å². The molecule has 1 heterocycles. The van der Waals surface area contributed by atoms with E-state index in [1.807, 2.05) is 0 Å². The molecule has 3 nitrogen and oxygen atoms in total. The van der Waals surface area contributed by atoms with E-state index in [1.54, 1.807) is 0 Å². The monoisotopic (exact) mass is 283 g/mol. The van der Waals surface area contributed by atoms with Gasteiger partial charge in [0.1, 0.15) is 0 Å². The van der Waals surface area contributed by atoms with Crippen molar-refractivity contribution < 1.29 is 0 Å². The van der Waals surface area contributed by atoms with Gasteiger partial charge >= 0.3 is 0 Å². The lowest BCUT2D eigenvalue weighted by Crippen LogP contribution is -2.51. The summed E-state index contributed by atoms with van der Waals surface area (Å²) in [5.74, 6) is 0. The molecule has 0 aromatic rings. The Balaban J connectivity index is 2.58. The topological polar surface area (TPSA) is 18.5 Å². The van der Waals surface area contributed by atoms with Gasteiger partial charge in [0.2, 0.25) is 0 Å². The Labute approximate surface area is 127 Å². The van der Waals surface area contributed by atoms with Crippen LogP contribution in [0.25, 0.3) is 0 Å². The van der Waals surface area contributed by atoms with E-state index in [0.717, 1.165) is 12.6 Å². The van der Waals surface area contributed by atoms with Crippen LogP contribution in [0.2, 0.25) is 0 Å². The molecule has 20 heavy (non-hydrogen) atoms.